The predicted octanol–water partition coefficient (Wildman–Crippen LogP) is 3.83. The van der Waals surface area contributed by atoms with E-state index in [0.717, 1.165) is 43.1 Å². The maximum atomic E-state index is 6.18. The number of nitrogens with zero attached hydrogens (tertiary/aromatic N) is 4. The molecular formula is C25H27N7. The summed E-state index contributed by atoms with van der Waals surface area (Å²) in [6.45, 7) is 2.71. The van der Waals surface area contributed by atoms with Crippen LogP contribution < -0.4 is 16.0 Å². The molecular weight excluding hydrogens is 398 g/mol. The molecule has 7 nitrogen and oxygen atoms in total. The van der Waals surface area contributed by atoms with Crippen LogP contribution >= 0.6 is 0 Å². The normalized spacial score (nSPS) is 15.9. The number of nitrogens with one attached hydrogen (secondary N) is 2. The van der Waals surface area contributed by atoms with E-state index >= 15 is 0 Å². The third kappa shape index (κ3) is 4.07. The van der Waals surface area contributed by atoms with Crippen molar-refractivity contribution in [3.63, 3.8) is 0 Å². The zero-order valence-corrected chi connectivity index (χ0v) is 18.1. The first kappa shape index (κ1) is 20.2. The van der Waals surface area contributed by atoms with Crippen LogP contribution in [-0.2, 0) is 6.54 Å². The van der Waals surface area contributed by atoms with E-state index in [1.165, 1.54) is 11.1 Å². The number of hydrogen-bond donors (Lipinski definition) is 3. The van der Waals surface area contributed by atoms with E-state index in [-0.39, 0.29) is 0 Å². The number of H-pyrrole nitrogens is 1. The molecule has 1 aliphatic heterocycles. The molecule has 1 aliphatic rings. The van der Waals surface area contributed by atoms with E-state index in [9.17, 15) is 0 Å². The predicted molar refractivity (Wildman–Crippen MR) is 128 cm³/mol. The molecule has 1 unspecified atom stereocenters. The van der Waals surface area contributed by atoms with E-state index in [0.29, 0.717) is 23.3 Å². The molecule has 0 radical (unpaired) electrons. The second kappa shape index (κ2) is 8.80. The van der Waals surface area contributed by atoms with Crippen LogP contribution in [0.2, 0.25) is 0 Å². The minimum atomic E-state index is 0.373. The molecule has 0 saturated carbocycles. The highest BCUT2D eigenvalue weighted by Crippen LogP contribution is 2.31. The number of nitrogens with two attached hydrogens (primary N) is 1. The van der Waals surface area contributed by atoms with Crippen molar-refractivity contribution in [2.45, 2.75) is 18.9 Å². The van der Waals surface area contributed by atoms with Gasteiger partial charge in [0.25, 0.3) is 0 Å². The first-order valence-electron chi connectivity index (χ1n) is 10.9. The molecule has 2 aromatic carbocycles. The van der Waals surface area contributed by atoms with Crippen molar-refractivity contribution in [2.75, 3.05) is 30.8 Å². The molecule has 0 bridgehead atoms. The van der Waals surface area contributed by atoms with Crippen molar-refractivity contribution in [1.82, 2.24) is 25.3 Å². The number of benzene rings is 2. The van der Waals surface area contributed by atoms with Gasteiger partial charge in [0.1, 0.15) is 5.82 Å². The Balaban J connectivity index is 1.37. The zero-order valence-electron chi connectivity index (χ0n) is 18.1. The summed E-state index contributed by atoms with van der Waals surface area (Å²) in [5.74, 6) is 2.34. The first-order chi connectivity index (χ1) is 15.7. The molecule has 1 atom stereocenters. The summed E-state index contributed by atoms with van der Waals surface area (Å²) in [6.07, 6.45) is 4.67. The molecule has 3 heterocycles. The van der Waals surface area contributed by atoms with Crippen LogP contribution in [0.15, 0.2) is 67.0 Å². The van der Waals surface area contributed by atoms with Gasteiger partial charge in [0.2, 0.25) is 0 Å². The maximum Gasteiger partial charge on any atom is 0.160 e. The zero-order chi connectivity index (χ0) is 21.9. The number of imidazole rings is 1. The summed E-state index contributed by atoms with van der Waals surface area (Å²) in [4.78, 5) is 19.4. The minimum absolute atomic E-state index is 0.373. The van der Waals surface area contributed by atoms with Crippen molar-refractivity contribution in [3.8, 4) is 22.8 Å². The van der Waals surface area contributed by atoms with Gasteiger partial charge in [-0.2, -0.15) is 0 Å². The topological polar surface area (TPSA) is 95.8 Å². The Kier molecular flexibility index (Phi) is 5.56. The second-order valence-corrected chi connectivity index (χ2v) is 8.18. The molecule has 0 spiro atoms. The number of aromatic amines is 1. The van der Waals surface area contributed by atoms with Gasteiger partial charge in [-0.1, -0.05) is 54.6 Å². The third-order valence-electron chi connectivity index (χ3n) is 6.02. The average Bonchev–Trinajstić information content (AvgIpc) is 3.51. The summed E-state index contributed by atoms with van der Waals surface area (Å²) in [6, 6.07) is 19.0. The van der Waals surface area contributed by atoms with Crippen LogP contribution in [0.4, 0.5) is 11.6 Å². The Morgan fingerprint density at radius 3 is 2.66 bits per heavy atom. The number of anilines is 2. The van der Waals surface area contributed by atoms with Gasteiger partial charge in [-0.15, -0.1) is 0 Å². The van der Waals surface area contributed by atoms with Crippen LogP contribution in [-0.4, -0.2) is 40.1 Å². The maximum absolute atomic E-state index is 6.18. The van der Waals surface area contributed by atoms with Crippen LogP contribution in [0.25, 0.3) is 22.8 Å². The fourth-order valence-corrected chi connectivity index (χ4v) is 4.28. The third-order valence-corrected chi connectivity index (χ3v) is 6.02. The molecule has 2 aromatic heterocycles. The average molecular weight is 426 g/mol. The van der Waals surface area contributed by atoms with Gasteiger partial charge in [-0.05, 0) is 30.2 Å². The quantitative estimate of drug-likeness (QED) is 0.435. The van der Waals surface area contributed by atoms with Crippen LogP contribution in [0.5, 0.6) is 0 Å². The van der Waals surface area contributed by atoms with Gasteiger partial charge < -0.3 is 20.9 Å². The van der Waals surface area contributed by atoms with E-state index in [1.54, 1.807) is 6.20 Å². The van der Waals surface area contributed by atoms with Gasteiger partial charge in [0.15, 0.2) is 17.3 Å². The number of hydrogen-bond acceptors (Lipinski definition) is 6. The fraction of sp³-hybridized carbons (Fsp3) is 0.240. The summed E-state index contributed by atoms with van der Waals surface area (Å²) < 4.78 is 0. The highest BCUT2D eigenvalue weighted by atomic mass is 15.2. The van der Waals surface area contributed by atoms with Gasteiger partial charge in [-0.25, -0.2) is 15.0 Å². The lowest BCUT2D eigenvalue weighted by Crippen LogP contribution is -2.21. The van der Waals surface area contributed by atoms with Crippen molar-refractivity contribution >= 4 is 11.6 Å². The van der Waals surface area contributed by atoms with E-state index in [4.69, 9.17) is 10.7 Å². The smallest absolute Gasteiger partial charge is 0.160 e. The highest BCUT2D eigenvalue weighted by molar-refractivity contribution is 5.69. The summed E-state index contributed by atoms with van der Waals surface area (Å²) in [7, 11) is 1.94. The van der Waals surface area contributed by atoms with Gasteiger partial charge in [-0.3, -0.25) is 0 Å². The van der Waals surface area contributed by atoms with Gasteiger partial charge >= 0.3 is 0 Å². The van der Waals surface area contributed by atoms with Crippen LogP contribution in [0, 0.1) is 0 Å². The van der Waals surface area contributed by atoms with Crippen molar-refractivity contribution in [1.29, 1.82) is 0 Å². The number of rotatable bonds is 6. The van der Waals surface area contributed by atoms with E-state index < -0.39 is 0 Å². The largest absolute Gasteiger partial charge is 0.382 e. The number of aromatic nitrogens is 4. The Morgan fingerprint density at radius 2 is 1.88 bits per heavy atom. The Morgan fingerprint density at radius 1 is 1.06 bits per heavy atom. The lowest BCUT2D eigenvalue weighted by atomic mass is 9.99. The van der Waals surface area contributed by atoms with Crippen LogP contribution in [0.1, 0.15) is 23.5 Å². The lowest BCUT2D eigenvalue weighted by Gasteiger charge is -2.18. The Labute approximate surface area is 187 Å². The molecule has 1 fully saturated rings. The summed E-state index contributed by atoms with van der Waals surface area (Å²) >= 11 is 0. The van der Waals surface area contributed by atoms with Crippen molar-refractivity contribution in [3.05, 3.63) is 78.1 Å². The molecule has 32 heavy (non-hydrogen) atoms. The molecule has 4 N–H and O–H groups in total. The SMILES string of the molecule is CNCc1ccc(-c2cnc(-c3nc(N4CCC(c5ccccc5)C4)cnc3N)[nH]2)cc1. The van der Waals surface area contributed by atoms with E-state index in [1.807, 2.05) is 13.2 Å². The molecule has 1 saturated heterocycles. The fourth-order valence-electron chi connectivity index (χ4n) is 4.28. The summed E-state index contributed by atoms with van der Waals surface area (Å²) in [5, 5.41) is 3.16. The highest BCUT2D eigenvalue weighted by Gasteiger charge is 2.26. The molecule has 4 aromatic rings. The standard InChI is InChI=1S/C25H27N7/c1-27-13-17-7-9-19(10-8-17)21-14-29-25(30-21)23-24(26)28-15-22(31-23)32-12-11-20(16-32)18-5-3-2-4-6-18/h2-10,14-15,20,27H,11-13,16H2,1H3,(H2,26,28)(H,29,30). The monoisotopic (exact) mass is 425 g/mol. The van der Waals surface area contributed by atoms with E-state index in [2.05, 4.69) is 79.8 Å². The Hall–Kier alpha value is -3.71. The number of nitrogen functional groups attached to an aromatic ring is 1. The van der Waals surface area contributed by atoms with Gasteiger partial charge in [0.05, 0.1) is 18.1 Å². The molecule has 0 aliphatic carbocycles. The first-order valence-corrected chi connectivity index (χ1v) is 10.9. The van der Waals surface area contributed by atoms with Gasteiger partial charge in [0, 0.05) is 25.6 Å². The van der Waals surface area contributed by atoms with Crippen molar-refractivity contribution < 1.29 is 0 Å². The molecule has 5 rings (SSSR count). The Bertz CT molecular complexity index is 1180. The molecule has 7 heteroatoms. The van der Waals surface area contributed by atoms with Crippen molar-refractivity contribution in [2.24, 2.45) is 0 Å². The summed E-state index contributed by atoms with van der Waals surface area (Å²) in [5.41, 5.74) is 11.4. The second-order valence-electron chi connectivity index (χ2n) is 8.18. The molecule has 162 valence electrons. The molecule has 0 amide bonds. The minimum Gasteiger partial charge on any atom is -0.382 e. The van der Waals surface area contributed by atoms with Crippen LogP contribution in [0.3, 0.4) is 0 Å². The lowest BCUT2D eigenvalue weighted by molar-refractivity contribution is 0.774.